The molecular formula is C18H23Cl2N3O2. The van der Waals surface area contributed by atoms with Gasteiger partial charge in [-0.15, -0.1) is 24.8 Å². The zero-order chi connectivity index (χ0) is 16.1. The third kappa shape index (κ3) is 5.88. The van der Waals surface area contributed by atoms with E-state index in [2.05, 4.69) is 15.6 Å². The van der Waals surface area contributed by atoms with E-state index in [0.29, 0.717) is 12.5 Å². The maximum Gasteiger partial charge on any atom is 0.227 e. The summed E-state index contributed by atoms with van der Waals surface area (Å²) in [5.74, 6) is 1.22. The van der Waals surface area contributed by atoms with E-state index in [4.69, 9.17) is 4.74 Å². The maximum absolute atomic E-state index is 12.2. The van der Waals surface area contributed by atoms with Crippen molar-refractivity contribution < 1.29 is 9.53 Å². The van der Waals surface area contributed by atoms with Crippen LogP contribution in [0.2, 0.25) is 0 Å². The van der Waals surface area contributed by atoms with E-state index in [9.17, 15) is 4.79 Å². The lowest BCUT2D eigenvalue weighted by atomic mass is 9.88. The van der Waals surface area contributed by atoms with Gasteiger partial charge in [0.1, 0.15) is 12.4 Å². The molecule has 3 rings (SSSR count). The number of hydrogen-bond donors (Lipinski definition) is 2. The molecule has 25 heavy (non-hydrogen) atoms. The van der Waals surface area contributed by atoms with Crippen LogP contribution in [0.5, 0.6) is 5.75 Å². The number of anilines is 1. The molecule has 1 atom stereocenters. The monoisotopic (exact) mass is 383 g/mol. The van der Waals surface area contributed by atoms with Gasteiger partial charge in [0, 0.05) is 35.6 Å². The SMILES string of the molecule is CC(C(=O)Nc1cccc(OCc2cccnc2)c1)C1CNC1.Cl.Cl. The summed E-state index contributed by atoms with van der Waals surface area (Å²) in [6.07, 6.45) is 3.51. The van der Waals surface area contributed by atoms with Crippen LogP contribution in [-0.2, 0) is 11.4 Å². The lowest BCUT2D eigenvalue weighted by Gasteiger charge is -2.31. The van der Waals surface area contributed by atoms with Crippen molar-refractivity contribution in [3.8, 4) is 5.75 Å². The molecule has 5 nitrogen and oxygen atoms in total. The lowest BCUT2D eigenvalue weighted by Crippen LogP contribution is -2.48. The Labute approximate surface area is 160 Å². The predicted octanol–water partition coefficient (Wildman–Crippen LogP) is 3.30. The molecule has 2 heterocycles. The van der Waals surface area contributed by atoms with Gasteiger partial charge in [-0.05, 0) is 37.2 Å². The quantitative estimate of drug-likeness (QED) is 0.802. The summed E-state index contributed by atoms with van der Waals surface area (Å²) >= 11 is 0. The summed E-state index contributed by atoms with van der Waals surface area (Å²) < 4.78 is 5.75. The summed E-state index contributed by atoms with van der Waals surface area (Å²) in [6, 6.07) is 11.3. The molecule has 1 fully saturated rings. The summed E-state index contributed by atoms with van der Waals surface area (Å²) in [6.45, 7) is 4.27. The van der Waals surface area contributed by atoms with Gasteiger partial charge in [0.05, 0.1) is 0 Å². The highest BCUT2D eigenvalue weighted by atomic mass is 35.5. The van der Waals surface area contributed by atoms with E-state index in [1.165, 1.54) is 0 Å². The first-order valence-electron chi connectivity index (χ1n) is 7.86. The molecule has 1 saturated heterocycles. The van der Waals surface area contributed by atoms with E-state index in [0.717, 1.165) is 30.1 Å². The Hall–Kier alpha value is -1.82. The predicted molar refractivity (Wildman–Crippen MR) is 104 cm³/mol. The standard InChI is InChI=1S/C18H21N3O2.2ClH/c1-13(15-10-20-11-15)18(22)21-16-5-2-6-17(8-16)23-12-14-4-3-7-19-9-14;;/h2-9,13,15,20H,10-12H2,1H3,(H,21,22);2*1H. The first-order valence-corrected chi connectivity index (χ1v) is 7.86. The molecule has 1 aliphatic heterocycles. The Morgan fingerprint density at radius 3 is 2.76 bits per heavy atom. The molecule has 136 valence electrons. The van der Waals surface area contributed by atoms with Crippen molar-refractivity contribution in [2.45, 2.75) is 13.5 Å². The van der Waals surface area contributed by atoms with Gasteiger partial charge < -0.3 is 15.4 Å². The van der Waals surface area contributed by atoms with E-state index >= 15 is 0 Å². The van der Waals surface area contributed by atoms with Crippen molar-refractivity contribution in [3.05, 3.63) is 54.4 Å². The van der Waals surface area contributed by atoms with Gasteiger partial charge in [-0.3, -0.25) is 9.78 Å². The Kier molecular flexibility index (Phi) is 8.69. The summed E-state index contributed by atoms with van der Waals surface area (Å²) in [5.41, 5.74) is 1.77. The molecule has 7 heteroatoms. The fourth-order valence-electron chi connectivity index (χ4n) is 2.45. The fourth-order valence-corrected chi connectivity index (χ4v) is 2.45. The van der Waals surface area contributed by atoms with Crippen LogP contribution in [0, 0.1) is 11.8 Å². The van der Waals surface area contributed by atoms with Gasteiger partial charge in [0.25, 0.3) is 0 Å². The van der Waals surface area contributed by atoms with Crippen LogP contribution in [0.4, 0.5) is 5.69 Å². The van der Waals surface area contributed by atoms with Crippen LogP contribution in [0.15, 0.2) is 48.8 Å². The molecule has 1 aliphatic rings. The summed E-state index contributed by atoms with van der Waals surface area (Å²) in [4.78, 5) is 16.3. The van der Waals surface area contributed by atoms with E-state index in [1.54, 1.807) is 12.4 Å². The Balaban J connectivity index is 0.00000156. The molecule has 1 aromatic heterocycles. The lowest BCUT2D eigenvalue weighted by molar-refractivity contribution is -0.121. The number of halogens is 2. The van der Waals surface area contributed by atoms with Gasteiger partial charge in [0.2, 0.25) is 5.91 Å². The number of carbonyl (C=O) groups is 1. The Morgan fingerprint density at radius 1 is 1.32 bits per heavy atom. The zero-order valence-corrected chi connectivity index (χ0v) is 15.6. The number of hydrogen-bond acceptors (Lipinski definition) is 4. The number of ether oxygens (including phenoxy) is 1. The third-order valence-corrected chi connectivity index (χ3v) is 4.16. The number of pyridine rings is 1. The number of aromatic nitrogens is 1. The van der Waals surface area contributed by atoms with Crippen LogP contribution in [-0.4, -0.2) is 24.0 Å². The van der Waals surface area contributed by atoms with Gasteiger partial charge in [-0.25, -0.2) is 0 Å². The second kappa shape index (κ2) is 10.2. The van der Waals surface area contributed by atoms with Gasteiger partial charge in [-0.1, -0.05) is 19.1 Å². The van der Waals surface area contributed by atoms with Crippen molar-refractivity contribution in [2.75, 3.05) is 18.4 Å². The Morgan fingerprint density at radius 2 is 2.12 bits per heavy atom. The second-order valence-corrected chi connectivity index (χ2v) is 5.87. The van der Waals surface area contributed by atoms with Gasteiger partial charge >= 0.3 is 0 Å². The molecule has 0 radical (unpaired) electrons. The third-order valence-electron chi connectivity index (χ3n) is 4.16. The van der Waals surface area contributed by atoms with Crippen LogP contribution in [0.25, 0.3) is 0 Å². The first-order chi connectivity index (χ1) is 11.2. The molecule has 0 aliphatic carbocycles. The molecule has 2 aromatic rings. The molecule has 0 saturated carbocycles. The highest BCUT2D eigenvalue weighted by Gasteiger charge is 2.28. The number of amides is 1. The molecule has 1 aromatic carbocycles. The molecule has 0 spiro atoms. The van der Waals surface area contributed by atoms with Crippen molar-refractivity contribution in [2.24, 2.45) is 11.8 Å². The fraction of sp³-hybridized carbons (Fsp3) is 0.333. The number of rotatable bonds is 6. The summed E-state index contributed by atoms with van der Waals surface area (Å²) in [7, 11) is 0. The molecule has 0 bridgehead atoms. The number of carbonyl (C=O) groups excluding carboxylic acids is 1. The first kappa shape index (κ1) is 21.2. The van der Waals surface area contributed by atoms with E-state index in [-0.39, 0.29) is 36.6 Å². The molecule has 1 amide bonds. The minimum Gasteiger partial charge on any atom is -0.489 e. The minimum absolute atomic E-state index is 0. The van der Waals surface area contributed by atoms with Crippen molar-refractivity contribution in [1.29, 1.82) is 0 Å². The molecule has 1 unspecified atom stereocenters. The van der Waals surface area contributed by atoms with Gasteiger partial charge in [-0.2, -0.15) is 0 Å². The summed E-state index contributed by atoms with van der Waals surface area (Å²) in [5, 5.41) is 6.17. The highest BCUT2D eigenvalue weighted by molar-refractivity contribution is 5.92. The highest BCUT2D eigenvalue weighted by Crippen LogP contribution is 2.21. The van der Waals surface area contributed by atoms with Crippen molar-refractivity contribution >= 4 is 36.4 Å². The van der Waals surface area contributed by atoms with Crippen LogP contribution < -0.4 is 15.4 Å². The number of nitrogens with zero attached hydrogens (tertiary/aromatic N) is 1. The van der Waals surface area contributed by atoms with Crippen LogP contribution >= 0.6 is 24.8 Å². The molecular weight excluding hydrogens is 361 g/mol. The van der Waals surface area contributed by atoms with Crippen molar-refractivity contribution in [3.63, 3.8) is 0 Å². The van der Waals surface area contributed by atoms with E-state index < -0.39 is 0 Å². The smallest absolute Gasteiger partial charge is 0.227 e. The normalized spacial score (nSPS) is 14.3. The van der Waals surface area contributed by atoms with Crippen molar-refractivity contribution in [1.82, 2.24) is 10.3 Å². The largest absolute Gasteiger partial charge is 0.489 e. The zero-order valence-electron chi connectivity index (χ0n) is 14.0. The molecule has 2 N–H and O–H groups in total. The Bertz CT molecular complexity index is 666. The van der Waals surface area contributed by atoms with Gasteiger partial charge in [0.15, 0.2) is 0 Å². The minimum atomic E-state index is 0. The van der Waals surface area contributed by atoms with Crippen LogP contribution in [0.3, 0.4) is 0 Å². The average Bonchev–Trinajstić information content (AvgIpc) is 2.52. The maximum atomic E-state index is 12.2. The average molecular weight is 384 g/mol. The number of benzene rings is 1. The topological polar surface area (TPSA) is 63.2 Å². The number of nitrogens with one attached hydrogen (secondary N) is 2. The second-order valence-electron chi connectivity index (χ2n) is 5.87. The van der Waals surface area contributed by atoms with E-state index in [1.807, 2.05) is 43.3 Å². The van der Waals surface area contributed by atoms with Crippen LogP contribution in [0.1, 0.15) is 12.5 Å².